The highest BCUT2D eigenvalue weighted by Crippen LogP contribution is 2.19. The topological polar surface area (TPSA) is 75.4 Å². The van der Waals surface area contributed by atoms with E-state index >= 15 is 0 Å². The van der Waals surface area contributed by atoms with Gasteiger partial charge in [0.1, 0.15) is 11.6 Å². The van der Waals surface area contributed by atoms with Crippen LogP contribution in [0.2, 0.25) is 0 Å². The summed E-state index contributed by atoms with van der Waals surface area (Å²) in [5.74, 6) is 0.933. The number of amides is 1. The number of carbonyl (C=O) groups excluding carboxylic acids is 1. The number of rotatable bonds is 7. The molecule has 1 atom stereocenters. The van der Waals surface area contributed by atoms with Crippen molar-refractivity contribution in [3.8, 4) is 0 Å². The fourth-order valence-corrected chi connectivity index (χ4v) is 3.08. The zero-order valence-corrected chi connectivity index (χ0v) is 13.8. The molecule has 2 aromatic rings. The van der Waals surface area contributed by atoms with Crippen LogP contribution in [0.4, 0.5) is 4.39 Å². The van der Waals surface area contributed by atoms with Gasteiger partial charge in [0, 0.05) is 23.4 Å². The van der Waals surface area contributed by atoms with E-state index in [1.807, 2.05) is 13.8 Å². The Hall–Kier alpha value is -1.86. The standard InChI is InChI=1S/C16H19FN2O3S/c1-10-13(11(2)22-19-10)8-23-9-16(21)18-7-15(20)12-5-3-4-6-14(12)17/h3-6,15,20H,7-9H2,1-2H3,(H,18,21). The van der Waals surface area contributed by atoms with Crippen molar-refractivity contribution in [2.45, 2.75) is 25.7 Å². The van der Waals surface area contributed by atoms with Crippen LogP contribution in [0.15, 0.2) is 28.8 Å². The van der Waals surface area contributed by atoms with Crippen LogP contribution in [-0.4, -0.2) is 28.5 Å². The summed E-state index contributed by atoms with van der Waals surface area (Å²) >= 11 is 1.43. The Labute approximate surface area is 138 Å². The summed E-state index contributed by atoms with van der Waals surface area (Å²) in [6.45, 7) is 3.67. The van der Waals surface area contributed by atoms with Crippen LogP contribution in [0.3, 0.4) is 0 Å². The predicted molar refractivity (Wildman–Crippen MR) is 86.5 cm³/mol. The molecule has 0 radical (unpaired) electrons. The molecule has 0 saturated carbocycles. The molecule has 0 bridgehead atoms. The number of nitrogens with one attached hydrogen (secondary N) is 1. The lowest BCUT2D eigenvalue weighted by molar-refractivity contribution is -0.119. The average Bonchev–Trinajstić information content (AvgIpc) is 2.85. The molecule has 0 fully saturated rings. The number of carbonyl (C=O) groups is 1. The maximum absolute atomic E-state index is 13.5. The first-order valence-electron chi connectivity index (χ1n) is 7.17. The van der Waals surface area contributed by atoms with E-state index in [4.69, 9.17) is 4.52 Å². The van der Waals surface area contributed by atoms with Crippen molar-refractivity contribution in [3.05, 3.63) is 52.7 Å². The number of hydrogen-bond donors (Lipinski definition) is 2. The van der Waals surface area contributed by atoms with E-state index in [9.17, 15) is 14.3 Å². The van der Waals surface area contributed by atoms with E-state index in [0.29, 0.717) is 5.75 Å². The van der Waals surface area contributed by atoms with E-state index in [-0.39, 0.29) is 23.8 Å². The van der Waals surface area contributed by atoms with Gasteiger partial charge in [-0.05, 0) is 19.9 Å². The first kappa shape index (κ1) is 17.5. The second kappa shape index (κ2) is 8.12. The Balaban J connectivity index is 1.74. The Bertz CT molecular complexity index is 656. The number of benzene rings is 1. The molecule has 1 unspecified atom stereocenters. The largest absolute Gasteiger partial charge is 0.386 e. The fraction of sp³-hybridized carbons (Fsp3) is 0.375. The highest BCUT2D eigenvalue weighted by molar-refractivity contribution is 7.99. The monoisotopic (exact) mass is 338 g/mol. The normalized spacial score (nSPS) is 12.2. The van der Waals surface area contributed by atoms with Crippen LogP contribution < -0.4 is 5.32 Å². The lowest BCUT2D eigenvalue weighted by Gasteiger charge is -2.13. The highest BCUT2D eigenvalue weighted by Gasteiger charge is 2.14. The second-order valence-electron chi connectivity index (χ2n) is 5.14. The number of aliphatic hydroxyl groups excluding tert-OH is 1. The third-order valence-corrected chi connectivity index (χ3v) is 4.38. The molecule has 23 heavy (non-hydrogen) atoms. The molecule has 0 aliphatic carbocycles. The summed E-state index contributed by atoms with van der Waals surface area (Å²) < 4.78 is 18.6. The minimum absolute atomic E-state index is 0.0222. The lowest BCUT2D eigenvalue weighted by Crippen LogP contribution is -2.30. The molecule has 2 rings (SSSR count). The van der Waals surface area contributed by atoms with Crippen molar-refractivity contribution < 1.29 is 18.8 Å². The molecular weight excluding hydrogens is 319 g/mol. The highest BCUT2D eigenvalue weighted by atomic mass is 32.2. The number of aromatic nitrogens is 1. The molecule has 1 aromatic carbocycles. The fourth-order valence-electron chi connectivity index (χ4n) is 2.07. The molecule has 0 aliphatic rings. The van der Waals surface area contributed by atoms with Gasteiger partial charge in [0.15, 0.2) is 0 Å². The Morgan fingerprint density at radius 1 is 1.43 bits per heavy atom. The Morgan fingerprint density at radius 3 is 2.83 bits per heavy atom. The van der Waals surface area contributed by atoms with Crippen LogP contribution in [0.25, 0.3) is 0 Å². The first-order valence-corrected chi connectivity index (χ1v) is 8.33. The third kappa shape index (κ3) is 4.80. The van der Waals surface area contributed by atoms with E-state index in [1.165, 1.54) is 23.9 Å². The second-order valence-corrected chi connectivity index (χ2v) is 6.12. The van der Waals surface area contributed by atoms with Gasteiger partial charge in [0.05, 0.1) is 17.6 Å². The molecule has 1 heterocycles. The predicted octanol–water partition coefficient (Wildman–Crippen LogP) is 2.51. The van der Waals surface area contributed by atoms with Crippen molar-refractivity contribution in [2.24, 2.45) is 0 Å². The molecule has 0 spiro atoms. The summed E-state index contributed by atoms with van der Waals surface area (Å²) in [5, 5.41) is 16.4. The molecule has 0 saturated heterocycles. The van der Waals surface area contributed by atoms with E-state index < -0.39 is 11.9 Å². The number of aliphatic hydroxyl groups is 1. The van der Waals surface area contributed by atoms with Gasteiger partial charge < -0.3 is 14.9 Å². The van der Waals surface area contributed by atoms with Gasteiger partial charge >= 0.3 is 0 Å². The van der Waals surface area contributed by atoms with E-state index in [2.05, 4.69) is 10.5 Å². The van der Waals surface area contributed by atoms with Crippen LogP contribution in [-0.2, 0) is 10.5 Å². The summed E-state index contributed by atoms with van der Waals surface area (Å²) in [4.78, 5) is 11.8. The van der Waals surface area contributed by atoms with Gasteiger partial charge in [-0.3, -0.25) is 4.79 Å². The van der Waals surface area contributed by atoms with Crippen molar-refractivity contribution >= 4 is 17.7 Å². The van der Waals surface area contributed by atoms with Crippen molar-refractivity contribution in [1.82, 2.24) is 10.5 Å². The van der Waals surface area contributed by atoms with Crippen LogP contribution in [0.5, 0.6) is 0 Å². The van der Waals surface area contributed by atoms with Crippen LogP contribution >= 0.6 is 11.8 Å². The summed E-state index contributed by atoms with van der Waals surface area (Å²) in [7, 11) is 0. The van der Waals surface area contributed by atoms with Gasteiger partial charge in [0.2, 0.25) is 5.91 Å². The van der Waals surface area contributed by atoms with Crippen molar-refractivity contribution in [1.29, 1.82) is 0 Å². The number of nitrogens with zero attached hydrogens (tertiary/aromatic N) is 1. The summed E-state index contributed by atoms with van der Waals surface area (Å²) in [5.41, 5.74) is 2.00. The smallest absolute Gasteiger partial charge is 0.230 e. The average molecular weight is 338 g/mol. The van der Waals surface area contributed by atoms with Gasteiger partial charge in [-0.15, -0.1) is 11.8 Å². The zero-order valence-electron chi connectivity index (χ0n) is 13.0. The molecular formula is C16H19FN2O3S. The van der Waals surface area contributed by atoms with Gasteiger partial charge in [0.25, 0.3) is 0 Å². The van der Waals surface area contributed by atoms with Crippen molar-refractivity contribution in [2.75, 3.05) is 12.3 Å². The van der Waals surface area contributed by atoms with Gasteiger partial charge in [-0.2, -0.15) is 0 Å². The van der Waals surface area contributed by atoms with E-state index in [0.717, 1.165) is 17.0 Å². The maximum Gasteiger partial charge on any atom is 0.230 e. The minimum Gasteiger partial charge on any atom is -0.386 e. The summed E-state index contributed by atoms with van der Waals surface area (Å²) in [6.07, 6.45) is -1.06. The molecule has 124 valence electrons. The Morgan fingerprint density at radius 2 is 2.17 bits per heavy atom. The number of halogens is 1. The summed E-state index contributed by atoms with van der Waals surface area (Å²) in [6, 6.07) is 5.97. The molecule has 5 nitrogen and oxygen atoms in total. The Kier molecular flexibility index (Phi) is 6.18. The number of thioether (sulfide) groups is 1. The SMILES string of the molecule is Cc1noc(C)c1CSCC(=O)NCC(O)c1ccccc1F. The lowest BCUT2D eigenvalue weighted by atomic mass is 10.1. The molecule has 2 N–H and O–H groups in total. The first-order chi connectivity index (χ1) is 11.0. The minimum atomic E-state index is -1.06. The quantitative estimate of drug-likeness (QED) is 0.811. The zero-order chi connectivity index (χ0) is 16.8. The van der Waals surface area contributed by atoms with Crippen LogP contribution in [0, 0.1) is 19.7 Å². The molecule has 7 heteroatoms. The van der Waals surface area contributed by atoms with Crippen LogP contribution in [0.1, 0.15) is 28.7 Å². The third-order valence-electron chi connectivity index (χ3n) is 3.42. The molecule has 1 aromatic heterocycles. The number of hydrogen-bond acceptors (Lipinski definition) is 5. The van der Waals surface area contributed by atoms with Gasteiger partial charge in [-0.25, -0.2) is 4.39 Å². The van der Waals surface area contributed by atoms with E-state index in [1.54, 1.807) is 12.1 Å². The number of aryl methyl sites for hydroxylation is 2. The van der Waals surface area contributed by atoms with Crippen molar-refractivity contribution in [3.63, 3.8) is 0 Å². The molecule has 0 aliphatic heterocycles. The molecule has 1 amide bonds. The maximum atomic E-state index is 13.5. The van der Waals surface area contributed by atoms with Gasteiger partial charge in [-0.1, -0.05) is 23.4 Å².